The third kappa shape index (κ3) is 6.24. The van der Waals surface area contributed by atoms with Gasteiger partial charge in [0.25, 0.3) is 5.91 Å². The smallest absolute Gasteiger partial charge is 0.262 e. The first-order chi connectivity index (χ1) is 13.6. The molecular formula is C20H23N3O5. The minimum Gasteiger partial charge on any atom is -0.484 e. The van der Waals surface area contributed by atoms with Crippen LogP contribution in [-0.4, -0.2) is 43.7 Å². The molecule has 0 saturated heterocycles. The summed E-state index contributed by atoms with van der Waals surface area (Å²) in [4.78, 5) is 28.0. The number of aromatic nitrogens is 1. The Hall–Kier alpha value is -3.13. The van der Waals surface area contributed by atoms with E-state index in [-0.39, 0.29) is 24.3 Å². The van der Waals surface area contributed by atoms with E-state index in [0.29, 0.717) is 36.2 Å². The zero-order chi connectivity index (χ0) is 19.8. The molecule has 1 heterocycles. The van der Waals surface area contributed by atoms with Gasteiger partial charge in [0.05, 0.1) is 18.5 Å². The summed E-state index contributed by atoms with van der Waals surface area (Å²) in [6, 6.07) is 10.3. The molecule has 8 nitrogen and oxygen atoms in total. The third-order valence-corrected chi connectivity index (χ3v) is 3.98. The molecule has 1 aliphatic carbocycles. The van der Waals surface area contributed by atoms with Gasteiger partial charge in [0.1, 0.15) is 12.4 Å². The SMILES string of the molecule is COCCOc1ccc(NC(=O)COc2cccc(NC(=O)C3CC3)c2)cn1. The van der Waals surface area contributed by atoms with Gasteiger partial charge in [-0.2, -0.15) is 0 Å². The topological polar surface area (TPSA) is 98.8 Å². The first kappa shape index (κ1) is 19.6. The van der Waals surface area contributed by atoms with Gasteiger partial charge in [0.15, 0.2) is 6.61 Å². The lowest BCUT2D eigenvalue weighted by molar-refractivity contribution is -0.118. The quantitative estimate of drug-likeness (QED) is 0.610. The summed E-state index contributed by atoms with van der Waals surface area (Å²) >= 11 is 0. The van der Waals surface area contributed by atoms with E-state index in [2.05, 4.69) is 15.6 Å². The molecule has 3 rings (SSSR count). The van der Waals surface area contributed by atoms with Crippen LogP contribution in [0, 0.1) is 5.92 Å². The number of anilines is 2. The second-order valence-electron chi connectivity index (χ2n) is 6.35. The molecule has 1 aliphatic rings. The number of benzene rings is 1. The first-order valence-electron chi connectivity index (χ1n) is 9.05. The first-order valence-corrected chi connectivity index (χ1v) is 9.05. The Balaban J connectivity index is 1.44. The number of ether oxygens (including phenoxy) is 3. The summed E-state index contributed by atoms with van der Waals surface area (Å²) in [5.41, 5.74) is 1.20. The molecule has 1 saturated carbocycles. The van der Waals surface area contributed by atoms with Crippen molar-refractivity contribution in [1.82, 2.24) is 4.98 Å². The minimum absolute atomic E-state index is 0.0250. The van der Waals surface area contributed by atoms with Crippen LogP contribution in [0.3, 0.4) is 0 Å². The van der Waals surface area contributed by atoms with Crippen molar-refractivity contribution >= 4 is 23.2 Å². The highest BCUT2D eigenvalue weighted by atomic mass is 16.5. The zero-order valence-electron chi connectivity index (χ0n) is 15.6. The van der Waals surface area contributed by atoms with Crippen LogP contribution < -0.4 is 20.1 Å². The largest absolute Gasteiger partial charge is 0.484 e. The average Bonchev–Trinajstić information content (AvgIpc) is 3.54. The molecule has 1 aromatic carbocycles. The van der Waals surface area contributed by atoms with Crippen LogP contribution in [0.4, 0.5) is 11.4 Å². The number of nitrogens with zero attached hydrogens (tertiary/aromatic N) is 1. The van der Waals surface area contributed by atoms with Crippen molar-refractivity contribution in [3.8, 4) is 11.6 Å². The van der Waals surface area contributed by atoms with E-state index in [0.717, 1.165) is 12.8 Å². The summed E-state index contributed by atoms with van der Waals surface area (Å²) in [6.07, 6.45) is 3.39. The van der Waals surface area contributed by atoms with Gasteiger partial charge in [-0.3, -0.25) is 9.59 Å². The lowest BCUT2D eigenvalue weighted by Gasteiger charge is -2.10. The van der Waals surface area contributed by atoms with Gasteiger partial charge < -0.3 is 24.8 Å². The van der Waals surface area contributed by atoms with Gasteiger partial charge in [0, 0.05) is 30.8 Å². The van der Waals surface area contributed by atoms with Crippen LogP contribution in [0.15, 0.2) is 42.6 Å². The summed E-state index contributed by atoms with van der Waals surface area (Å²) < 4.78 is 15.8. The second kappa shape index (κ2) is 9.70. The Morgan fingerprint density at radius 1 is 1.07 bits per heavy atom. The van der Waals surface area contributed by atoms with E-state index in [1.807, 2.05) is 0 Å². The standard InChI is InChI=1S/C20H23N3O5/c1-26-9-10-27-19-8-7-16(12-21-19)22-18(24)13-28-17-4-2-3-15(11-17)23-20(25)14-5-6-14/h2-4,7-8,11-12,14H,5-6,9-10,13H2,1H3,(H,22,24)(H,23,25). The van der Waals surface area contributed by atoms with Crippen LogP contribution in [-0.2, 0) is 14.3 Å². The maximum Gasteiger partial charge on any atom is 0.262 e. The molecule has 1 aromatic heterocycles. The molecule has 0 spiro atoms. The third-order valence-electron chi connectivity index (χ3n) is 3.98. The second-order valence-corrected chi connectivity index (χ2v) is 6.35. The molecule has 2 amide bonds. The van der Waals surface area contributed by atoms with Gasteiger partial charge in [-0.25, -0.2) is 4.98 Å². The predicted molar refractivity (Wildman–Crippen MR) is 104 cm³/mol. The highest BCUT2D eigenvalue weighted by molar-refractivity contribution is 5.94. The molecule has 0 aliphatic heterocycles. The maximum absolute atomic E-state index is 12.1. The van der Waals surface area contributed by atoms with E-state index in [1.54, 1.807) is 43.5 Å². The average molecular weight is 385 g/mol. The van der Waals surface area contributed by atoms with Crippen molar-refractivity contribution in [1.29, 1.82) is 0 Å². The van der Waals surface area contributed by atoms with Gasteiger partial charge in [-0.1, -0.05) is 6.07 Å². The maximum atomic E-state index is 12.1. The molecule has 0 radical (unpaired) electrons. The monoisotopic (exact) mass is 385 g/mol. The van der Waals surface area contributed by atoms with Crippen LogP contribution in [0.2, 0.25) is 0 Å². The molecule has 1 fully saturated rings. The summed E-state index contributed by atoms with van der Waals surface area (Å²) in [6.45, 7) is 0.721. The molecule has 2 aromatic rings. The fourth-order valence-electron chi connectivity index (χ4n) is 2.37. The van der Waals surface area contributed by atoms with Crippen LogP contribution in [0.25, 0.3) is 0 Å². The number of methoxy groups -OCH3 is 1. The van der Waals surface area contributed by atoms with Crippen LogP contribution >= 0.6 is 0 Å². The Morgan fingerprint density at radius 3 is 2.64 bits per heavy atom. The van der Waals surface area contributed by atoms with E-state index in [9.17, 15) is 9.59 Å². The molecule has 0 bridgehead atoms. The molecule has 28 heavy (non-hydrogen) atoms. The number of amides is 2. The van der Waals surface area contributed by atoms with Gasteiger partial charge in [-0.15, -0.1) is 0 Å². The van der Waals surface area contributed by atoms with E-state index in [4.69, 9.17) is 14.2 Å². The molecule has 2 N–H and O–H groups in total. The Morgan fingerprint density at radius 2 is 1.93 bits per heavy atom. The van der Waals surface area contributed by atoms with E-state index < -0.39 is 0 Å². The highest BCUT2D eigenvalue weighted by Gasteiger charge is 2.29. The van der Waals surface area contributed by atoms with Crippen molar-refractivity contribution < 1.29 is 23.8 Å². The minimum atomic E-state index is -0.317. The van der Waals surface area contributed by atoms with Crippen LogP contribution in [0.1, 0.15) is 12.8 Å². The summed E-state index contributed by atoms with van der Waals surface area (Å²) in [7, 11) is 1.60. The highest BCUT2D eigenvalue weighted by Crippen LogP contribution is 2.30. The van der Waals surface area contributed by atoms with Gasteiger partial charge >= 0.3 is 0 Å². The number of carbonyl (C=O) groups excluding carboxylic acids is 2. The Bertz CT molecular complexity index is 806. The summed E-state index contributed by atoms with van der Waals surface area (Å²) in [5.74, 6) is 0.792. The number of carbonyl (C=O) groups is 2. The molecule has 148 valence electrons. The van der Waals surface area contributed by atoms with Gasteiger partial charge in [0.2, 0.25) is 11.8 Å². The van der Waals surface area contributed by atoms with Crippen molar-refractivity contribution in [2.24, 2.45) is 5.92 Å². The fraction of sp³-hybridized carbons (Fsp3) is 0.350. The predicted octanol–water partition coefficient (Wildman–Crippen LogP) is 2.47. The molecule has 0 unspecified atom stereocenters. The Kier molecular flexibility index (Phi) is 6.80. The van der Waals surface area contributed by atoms with Crippen molar-refractivity contribution in [2.75, 3.05) is 37.6 Å². The lowest BCUT2D eigenvalue weighted by atomic mass is 10.3. The molecule has 0 atom stereocenters. The molecular weight excluding hydrogens is 362 g/mol. The molecule has 8 heteroatoms. The number of pyridine rings is 1. The fourth-order valence-corrected chi connectivity index (χ4v) is 2.37. The van der Waals surface area contributed by atoms with E-state index >= 15 is 0 Å². The normalized spacial score (nSPS) is 12.9. The van der Waals surface area contributed by atoms with Crippen molar-refractivity contribution in [3.63, 3.8) is 0 Å². The summed E-state index contributed by atoms with van der Waals surface area (Å²) in [5, 5.41) is 5.55. The number of rotatable bonds is 10. The number of hydrogen-bond donors (Lipinski definition) is 2. The number of nitrogens with one attached hydrogen (secondary N) is 2. The van der Waals surface area contributed by atoms with E-state index in [1.165, 1.54) is 6.20 Å². The van der Waals surface area contributed by atoms with Crippen LogP contribution in [0.5, 0.6) is 11.6 Å². The number of hydrogen-bond acceptors (Lipinski definition) is 6. The lowest BCUT2D eigenvalue weighted by Crippen LogP contribution is -2.20. The van der Waals surface area contributed by atoms with Crippen molar-refractivity contribution in [2.45, 2.75) is 12.8 Å². The zero-order valence-corrected chi connectivity index (χ0v) is 15.6. The van der Waals surface area contributed by atoms with Gasteiger partial charge in [-0.05, 0) is 31.0 Å². The van der Waals surface area contributed by atoms with Crippen molar-refractivity contribution in [3.05, 3.63) is 42.6 Å². The Labute approximate surface area is 163 Å².